The van der Waals surface area contributed by atoms with Crippen LogP contribution in [0.1, 0.15) is 20.0 Å². The van der Waals surface area contributed by atoms with Crippen LogP contribution in [0.4, 0.5) is 0 Å². The molecule has 1 fully saturated rings. The number of thiophene rings is 1. The highest BCUT2D eigenvalue weighted by atomic mass is 32.1. The first-order valence-electron chi connectivity index (χ1n) is 8.12. The lowest BCUT2D eigenvalue weighted by atomic mass is 10.2. The predicted molar refractivity (Wildman–Crippen MR) is 95.4 cm³/mol. The Morgan fingerprint density at radius 2 is 1.75 bits per heavy atom. The molecule has 2 aromatic rings. The molecular weight excluding hydrogens is 322 g/mol. The smallest absolute Gasteiger partial charge is 0.261 e. The fraction of sp³-hybridized carbons (Fsp3) is 0.333. The van der Waals surface area contributed by atoms with Gasteiger partial charge in [-0.25, -0.2) is 0 Å². The molecular formula is C18H21N3O2S. The molecule has 0 unspecified atom stereocenters. The van der Waals surface area contributed by atoms with Crippen molar-refractivity contribution in [2.45, 2.75) is 0 Å². The molecule has 1 saturated heterocycles. The number of carbonyl (C=O) groups is 2. The third kappa shape index (κ3) is 4.21. The van der Waals surface area contributed by atoms with Crippen LogP contribution in [-0.4, -0.2) is 60.9 Å². The van der Waals surface area contributed by atoms with E-state index in [2.05, 4.69) is 10.2 Å². The van der Waals surface area contributed by atoms with Crippen LogP contribution >= 0.6 is 11.3 Å². The first kappa shape index (κ1) is 16.7. The first-order chi connectivity index (χ1) is 11.7. The minimum Gasteiger partial charge on any atom is -0.350 e. The third-order valence-electron chi connectivity index (χ3n) is 4.14. The maximum absolute atomic E-state index is 12.4. The van der Waals surface area contributed by atoms with Crippen molar-refractivity contribution in [2.75, 3.05) is 39.3 Å². The summed E-state index contributed by atoms with van der Waals surface area (Å²) >= 11 is 1.45. The van der Waals surface area contributed by atoms with E-state index < -0.39 is 0 Å². The molecule has 1 aliphatic heterocycles. The van der Waals surface area contributed by atoms with Gasteiger partial charge in [0, 0.05) is 44.8 Å². The van der Waals surface area contributed by atoms with E-state index in [1.807, 2.05) is 52.7 Å². The van der Waals surface area contributed by atoms with Gasteiger partial charge in [0.05, 0.1) is 4.88 Å². The fourth-order valence-corrected chi connectivity index (χ4v) is 3.40. The molecule has 6 heteroatoms. The van der Waals surface area contributed by atoms with Crippen molar-refractivity contribution in [1.29, 1.82) is 0 Å². The third-order valence-corrected chi connectivity index (χ3v) is 5.01. The van der Waals surface area contributed by atoms with E-state index in [-0.39, 0.29) is 11.8 Å². The molecule has 0 radical (unpaired) electrons. The number of nitrogens with one attached hydrogen (secondary N) is 1. The van der Waals surface area contributed by atoms with Gasteiger partial charge in [-0.3, -0.25) is 14.5 Å². The Hall–Kier alpha value is -2.18. The first-order valence-corrected chi connectivity index (χ1v) is 9.00. The summed E-state index contributed by atoms with van der Waals surface area (Å²) in [6.07, 6.45) is 0. The Morgan fingerprint density at radius 1 is 1.00 bits per heavy atom. The predicted octanol–water partition coefficient (Wildman–Crippen LogP) is 1.94. The van der Waals surface area contributed by atoms with E-state index in [4.69, 9.17) is 0 Å². The quantitative estimate of drug-likeness (QED) is 0.903. The van der Waals surface area contributed by atoms with Gasteiger partial charge >= 0.3 is 0 Å². The normalized spacial score (nSPS) is 15.2. The number of nitrogens with zero attached hydrogens (tertiary/aromatic N) is 2. The van der Waals surface area contributed by atoms with Crippen LogP contribution in [0.15, 0.2) is 47.8 Å². The van der Waals surface area contributed by atoms with Crippen LogP contribution in [0, 0.1) is 0 Å². The van der Waals surface area contributed by atoms with E-state index in [1.165, 1.54) is 11.3 Å². The highest BCUT2D eigenvalue weighted by Gasteiger charge is 2.21. The summed E-state index contributed by atoms with van der Waals surface area (Å²) in [5.41, 5.74) is 0.745. The topological polar surface area (TPSA) is 52.7 Å². The molecule has 3 rings (SSSR count). The lowest BCUT2D eigenvalue weighted by Crippen LogP contribution is -2.50. The molecule has 1 N–H and O–H groups in total. The van der Waals surface area contributed by atoms with Crippen LogP contribution in [0.5, 0.6) is 0 Å². The summed E-state index contributed by atoms with van der Waals surface area (Å²) in [4.78, 5) is 29.2. The molecule has 0 aliphatic carbocycles. The highest BCUT2D eigenvalue weighted by molar-refractivity contribution is 7.12. The van der Waals surface area contributed by atoms with E-state index in [9.17, 15) is 9.59 Å². The van der Waals surface area contributed by atoms with Gasteiger partial charge in [0.25, 0.3) is 11.8 Å². The molecule has 5 nitrogen and oxygen atoms in total. The highest BCUT2D eigenvalue weighted by Crippen LogP contribution is 2.09. The van der Waals surface area contributed by atoms with Crippen LogP contribution in [-0.2, 0) is 0 Å². The number of hydrogen-bond acceptors (Lipinski definition) is 4. The van der Waals surface area contributed by atoms with E-state index in [1.54, 1.807) is 0 Å². The van der Waals surface area contributed by atoms with E-state index in [0.29, 0.717) is 6.54 Å². The number of rotatable bonds is 5. The second-order valence-corrected chi connectivity index (χ2v) is 6.68. The molecule has 2 amide bonds. The largest absolute Gasteiger partial charge is 0.350 e. The van der Waals surface area contributed by atoms with Crippen LogP contribution in [0.3, 0.4) is 0 Å². The molecule has 0 saturated carbocycles. The number of carbonyl (C=O) groups excluding carboxylic acids is 2. The Kier molecular flexibility index (Phi) is 5.61. The van der Waals surface area contributed by atoms with Gasteiger partial charge in [0.1, 0.15) is 0 Å². The summed E-state index contributed by atoms with van der Waals surface area (Å²) in [7, 11) is 0. The summed E-state index contributed by atoms with van der Waals surface area (Å²) in [5.74, 6) is 0.0872. The molecule has 0 spiro atoms. The lowest BCUT2D eigenvalue weighted by Gasteiger charge is -2.34. The number of amides is 2. The molecule has 24 heavy (non-hydrogen) atoms. The zero-order valence-corrected chi connectivity index (χ0v) is 14.3. The molecule has 2 heterocycles. The van der Waals surface area contributed by atoms with Gasteiger partial charge in [0.15, 0.2) is 0 Å². The van der Waals surface area contributed by atoms with Crippen molar-refractivity contribution in [3.05, 3.63) is 58.3 Å². The Morgan fingerprint density at radius 3 is 2.42 bits per heavy atom. The number of piperazine rings is 1. The monoisotopic (exact) mass is 343 g/mol. The van der Waals surface area contributed by atoms with Crippen LogP contribution in [0.25, 0.3) is 0 Å². The maximum Gasteiger partial charge on any atom is 0.261 e. The molecule has 1 aromatic carbocycles. The fourth-order valence-electron chi connectivity index (χ4n) is 2.76. The maximum atomic E-state index is 12.4. The summed E-state index contributed by atoms with van der Waals surface area (Å²) in [5, 5.41) is 4.84. The molecule has 1 aromatic heterocycles. The molecule has 0 bridgehead atoms. The zero-order chi connectivity index (χ0) is 16.8. The number of hydrogen-bond donors (Lipinski definition) is 1. The van der Waals surface area contributed by atoms with Crippen molar-refractivity contribution < 1.29 is 9.59 Å². The summed E-state index contributed by atoms with van der Waals surface area (Å²) < 4.78 is 0. The summed E-state index contributed by atoms with van der Waals surface area (Å²) in [6.45, 7) is 4.58. The van der Waals surface area contributed by atoms with Crippen LogP contribution < -0.4 is 5.32 Å². The Bertz CT molecular complexity index is 665. The van der Waals surface area contributed by atoms with Gasteiger partial charge in [-0.05, 0) is 23.6 Å². The second-order valence-electron chi connectivity index (χ2n) is 5.73. The average Bonchev–Trinajstić information content (AvgIpc) is 3.17. The van der Waals surface area contributed by atoms with Crippen LogP contribution in [0.2, 0.25) is 0 Å². The van der Waals surface area contributed by atoms with Crippen molar-refractivity contribution >= 4 is 23.2 Å². The molecule has 1 aliphatic rings. The SMILES string of the molecule is O=C(NCCN1CCN(C(=O)c2ccccc2)CC1)c1cccs1. The van der Waals surface area contributed by atoms with Crippen molar-refractivity contribution in [2.24, 2.45) is 0 Å². The van der Waals surface area contributed by atoms with Gasteiger partial charge in [0.2, 0.25) is 0 Å². The van der Waals surface area contributed by atoms with Gasteiger partial charge in [-0.15, -0.1) is 11.3 Å². The summed E-state index contributed by atoms with van der Waals surface area (Å²) in [6, 6.07) is 13.1. The molecule has 0 atom stereocenters. The minimum absolute atomic E-state index is 0.0112. The van der Waals surface area contributed by atoms with Crippen molar-refractivity contribution in [1.82, 2.24) is 15.1 Å². The van der Waals surface area contributed by atoms with Gasteiger partial charge in [-0.2, -0.15) is 0 Å². The Balaban J connectivity index is 1.39. The average molecular weight is 343 g/mol. The van der Waals surface area contributed by atoms with E-state index >= 15 is 0 Å². The van der Waals surface area contributed by atoms with Crippen molar-refractivity contribution in [3.63, 3.8) is 0 Å². The zero-order valence-electron chi connectivity index (χ0n) is 13.5. The van der Waals surface area contributed by atoms with E-state index in [0.717, 1.165) is 43.2 Å². The minimum atomic E-state index is -0.0112. The molecule has 126 valence electrons. The lowest BCUT2D eigenvalue weighted by molar-refractivity contribution is 0.0638. The van der Waals surface area contributed by atoms with Crippen molar-refractivity contribution in [3.8, 4) is 0 Å². The van der Waals surface area contributed by atoms with Gasteiger partial charge in [-0.1, -0.05) is 24.3 Å². The second kappa shape index (κ2) is 8.08. The Labute approximate surface area is 145 Å². The number of benzene rings is 1. The standard InChI is InChI=1S/C18H21N3O2S/c22-17(16-7-4-14-24-16)19-8-9-20-10-12-21(13-11-20)18(23)15-5-2-1-3-6-15/h1-7,14H,8-13H2,(H,19,22). The van der Waals surface area contributed by atoms with Gasteiger partial charge < -0.3 is 10.2 Å².